The first-order valence-corrected chi connectivity index (χ1v) is 8.47. The fraction of sp³-hybridized carbons (Fsp3) is 0.882. The van der Waals surface area contributed by atoms with Gasteiger partial charge in [-0.25, -0.2) is 4.79 Å². The standard InChI is InChI=1S/C17H27NO3/c1-3-10(2)14(15(19)20)18-16(21)17-7-11-4-12(8-17)6-13(5-11)9-17/h10-14H,3-9H2,1-2H3,(H,18,21)(H,19,20). The van der Waals surface area contributed by atoms with Crippen LogP contribution in [0.15, 0.2) is 0 Å². The van der Waals surface area contributed by atoms with Crippen LogP contribution in [-0.4, -0.2) is 23.0 Å². The van der Waals surface area contributed by atoms with Gasteiger partial charge in [0, 0.05) is 5.41 Å². The van der Waals surface area contributed by atoms with Crippen molar-refractivity contribution in [3.05, 3.63) is 0 Å². The van der Waals surface area contributed by atoms with Gasteiger partial charge in [0.15, 0.2) is 0 Å². The van der Waals surface area contributed by atoms with E-state index in [-0.39, 0.29) is 17.2 Å². The summed E-state index contributed by atoms with van der Waals surface area (Å²) in [7, 11) is 0. The molecule has 21 heavy (non-hydrogen) atoms. The maximum Gasteiger partial charge on any atom is 0.326 e. The van der Waals surface area contributed by atoms with Crippen molar-refractivity contribution in [1.82, 2.24) is 5.32 Å². The number of carboxylic acid groups (broad SMARTS) is 1. The third-order valence-corrected chi connectivity index (χ3v) is 6.29. The lowest BCUT2D eigenvalue weighted by Gasteiger charge is -2.55. The largest absolute Gasteiger partial charge is 0.480 e. The molecular weight excluding hydrogens is 266 g/mol. The maximum atomic E-state index is 12.9. The molecule has 0 saturated heterocycles. The van der Waals surface area contributed by atoms with E-state index < -0.39 is 12.0 Å². The Bertz CT molecular complexity index is 410. The van der Waals surface area contributed by atoms with Crippen molar-refractivity contribution in [1.29, 1.82) is 0 Å². The summed E-state index contributed by atoms with van der Waals surface area (Å²) in [6, 6.07) is -0.740. The second-order valence-electron chi connectivity index (χ2n) is 7.87. The summed E-state index contributed by atoms with van der Waals surface area (Å²) in [5.41, 5.74) is -0.254. The molecule has 0 radical (unpaired) electrons. The number of aliphatic carboxylic acids is 1. The summed E-state index contributed by atoms with van der Waals surface area (Å²) in [5, 5.41) is 12.3. The number of nitrogens with one attached hydrogen (secondary N) is 1. The van der Waals surface area contributed by atoms with Gasteiger partial charge in [0.05, 0.1) is 0 Å². The monoisotopic (exact) mass is 293 g/mol. The van der Waals surface area contributed by atoms with Gasteiger partial charge < -0.3 is 10.4 Å². The lowest BCUT2D eigenvalue weighted by molar-refractivity contribution is -0.152. The van der Waals surface area contributed by atoms with Crippen LogP contribution in [0.3, 0.4) is 0 Å². The highest BCUT2D eigenvalue weighted by Gasteiger charge is 2.55. The predicted octanol–water partition coefficient (Wildman–Crippen LogP) is 2.82. The van der Waals surface area contributed by atoms with E-state index >= 15 is 0 Å². The van der Waals surface area contributed by atoms with E-state index in [9.17, 15) is 14.7 Å². The summed E-state index contributed by atoms with van der Waals surface area (Å²) >= 11 is 0. The average molecular weight is 293 g/mol. The summed E-state index contributed by atoms with van der Waals surface area (Å²) in [6.07, 6.45) is 7.59. The number of hydrogen-bond donors (Lipinski definition) is 2. The number of hydrogen-bond acceptors (Lipinski definition) is 2. The minimum absolute atomic E-state index is 0.0225. The molecule has 0 heterocycles. The fourth-order valence-corrected chi connectivity index (χ4v) is 5.37. The number of carbonyl (C=O) groups excluding carboxylic acids is 1. The zero-order valence-corrected chi connectivity index (χ0v) is 13.1. The zero-order chi connectivity index (χ0) is 15.2. The van der Waals surface area contributed by atoms with E-state index in [0.717, 1.165) is 25.7 Å². The van der Waals surface area contributed by atoms with Crippen molar-refractivity contribution in [2.75, 3.05) is 0 Å². The Labute approximate surface area is 126 Å². The molecule has 0 aromatic carbocycles. The second kappa shape index (κ2) is 5.29. The molecule has 0 spiro atoms. The van der Waals surface area contributed by atoms with Gasteiger partial charge in [-0.2, -0.15) is 0 Å². The molecule has 118 valence electrons. The molecule has 2 N–H and O–H groups in total. The third kappa shape index (κ3) is 2.58. The predicted molar refractivity (Wildman–Crippen MR) is 79.6 cm³/mol. The van der Waals surface area contributed by atoms with Crippen LogP contribution >= 0.6 is 0 Å². The first-order valence-electron chi connectivity index (χ1n) is 8.47. The van der Waals surface area contributed by atoms with Gasteiger partial charge in [0.25, 0.3) is 0 Å². The van der Waals surface area contributed by atoms with Gasteiger partial charge >= 0.3 is 5.97 Å². The Morgan fingerprint density at radius 2 is 1.62 bits per heavy atom. The number of carboxylic acids is 1. The van der Waals surface area contributed by atoms with Crippen molar-refractivity contribution in [3.63, 3.8) is 0 Å². The van der Waals surface area contributed by atoms with Gasteiger partial charge in [0.2, 0.25) is 5.91 Å². The Morgan fingerprint density at radius 1 is 1.14 bits per heavy atom. The molecule has 4 heteroatoms. The van der Waals surface area contributed by atoms with Gasteiger partial charge in [-0.15, -0.1) is 0 Å². The number of rotatable bonds is 5. The highest BCUT2D eigenvalue weighted by molar-refractivity contribution is 5.88. The molecule has 4 saturated carbocycles. The molecule has 4 rings (SSSR count). The minimum Gasteiger partial charge on any atom is -0.480 e. The van der Waals surface area contributed by atoms with Crippen molar-refractivity contribution in [3.8, 4) is 0 Å². The molecule has 4 bridgehead atoms. The van der Waals surface area contributed by atoms with Crippen LogP contribution in [0.1, 0.15) is 58.8 Å². The lowest BCUT2D eigenvalue weighted by atomic mass is 9.49. The SMILES string of the molecule is CCC(C)C(NC(=O)C12CC3CC(CC(C3)C1)C2)C(=O)O. The molecule has 2 unspecified atom stereocenters. The first kappa shape index (κ1) is 14.9. The van der Waals surface area contributed by atoms with Crippen LogP contribution in [0.2, 0.25) is 0 Å². The molecule has 4 nitrogen and oxygen atoms in total. The average Bonchev–Trinajstić information content (AvgIpc) is 2.41. The van der Waals surface area contributed by atoms with Gasteiger partial charge in [0.1, 0.15) is 6.04 Å². The van der Waals surface area contributed by atoms with Crippen molar-refractivity contribution in [2.45, 2.75) is 64.8 Å². The Kier molecular flexibility index (Phi) is 3.74. The van der Waals surface area contributed by atoms with Crippen LogP contribution in [0, 0.1) is 29.1 Å². The molecular formula is C17H27NO3. The normalized spacial score (nSPS) is 39.8. The van der Waals surface area contributed by atoms with Crippen molar-refractivity contribution >= 4 is 11.9 Å². The van der Waals surface area contributed by atoms with Crippen LogP contribution in [0.25, 0.3) is 0 Å². The van der Waals surface area contributed by atoms with Crippen molar-refractivity contribution < 1.29 is 14.7 Å². The zero-order valence-electron chi connectivity index (χ0n) is 13.1. The molecule has 2 atom stereocenters. The van der Waals surface area contributed by atoms with E-state index in [2.05, 4.69) is 5.32 Å². The van der Waals surface area contributed by atoms with Gasteiger partial charge in [-0.1, -0.05) is 20.3 Å². The summed E-state index contributed by atoms with van der Waals surface area (Å²) in [4.78, 5) is 24.3. The van der Waals surface area contributed by atoms with E-state index in [4.69, 9.17) is 0 Å². The Morgan fingerprint density at radius 3 is 2.00 bits per heavy atom. The Hall–Kier alpha value is -1.06. The third-order valence-electron chi connectivity index (χ3n) is 6.29. The van der Waals surface area contributed by atoms with Gasteiger partial charge in [-0.3, -0.25) is 4.79 Å². The smallest absolute Gasteiger partial charge is 0.326 e. The number of amides is 1. The van der Waals surface area contributed by atoms with Crippen LogP contribution in [0.5, 0.6) is 0 Å². The fourth-order valence-electron chi connectivity index (χ4n) is 5.37. The summed E-state index contributed by atoms with van der Waals surface area (Å²) in [6.45, 7) is 3.87. The highest BCUT2D eigenvalue weighted by Crippen LogP contribution is 2.60. The van der Waals surface area contributed by atoms with Crippen LogP contribution in [0.4, 0.5) is 0 Å². The maximum absolute atomic E-state index is 12.9. The topological polar surface area (TPSA) is 66.4 Å². The molecule has 1 amide bonds. The van der Waals surface area contributed by atoms with Crippen LogP contribution < -0.4 is 5.32 Å². The molecule has 4 fully saturated rings. The van der Waals surface area contributed by atoms with Crippen molar-refractivity contribution in [2.24, 2.45) is 29.1 Å². The quantitative estimate of drug-likeness (QED) is 0.819. The summed E-state index contributed by atoms with van der Waals surface area (Å²) < 4.78 is 0. The Balaban J connectivity index is 1.74. The minimum atomic E-state index is -0.901. The molecule has 4 aliphatic carbocycles. The van der Waals surface area contributed by atoms with Gasteiger partial charge in [-0.05, 0) is 62.2 Å². The van der Waals surface area contributed by atoms with E-state index in [0.29, 0.717) is 17.8 Å². The molecule has 0 aromatic rings. The molecule has 0 aromatic heterocycles. The van der Waals surface area contributed by atoms with E-state index in [1.54, 1.807) is 0 Å². The summed E-state index contributed by atoms with van der Waals surface area (Å²) in [5.74, 6) is 1.20. The first-order chi connectivity index (χ1) is 9.93. The highest BCUT2D eigenvalue weighted by atomic mass is 16.4. The lowest BCUT2D eigenvalue weighted by Crippen LogP contribution is -2.57. The van der Waals surface area contributed by atoms with E-state index in [1.807, 2.05) is 13.8 Å². The number of carbonyl (C=O) groups is 2. The van der Waals surface area contributed by atoms with Crippen LogP contribution in [-0.2, 0) is 9.59 Å². The second-order valence-corrected chi connectivity index (χ2v) is 7.87. The molecule has 0 aliphatic heterocycles. The van der Waals surface area contributed by atoms with E-state index in [1.165, 1.54) is 19.3 Å². The molecule has 4 aliphatic rings.